The highest BCUT2D eigenvalue weighted by Gasteiger charge is 2.18. The Balaban J connectivity index is 1.90. The summed E-state index contributed by atoms with van der Waals surface area (Å²) in [5.41, 5.74) is 0.124. The van der Waals surface area contributed by atoms with Gasteiger partial charge in [-0.15, -0.1) is 10.2 Å². The third-order valence-electron chi connectivity index (χ3n) is 3.45. The van der Waals surface area contributed by atoms with Gasteiger partial charge in [0.2, 0.25) is 10.6 Å². The van der Waals surface area contributed by atoms with Gasteiger partial charge < -0.3 is 0 Å². The van der Waals surface area contributed by atoms with Crippen LogP contribution >= 0.6 is 11.3 Å². The van der Waals surface area contributed by atoms with E-state index in [1.165, 1.54) is 16.0 Å². The van der Waals surface area contributed by atoms with Gasteiger partial charge in [-0.25, -0.2) is 0 Å². The number of hydrogen-bond donors (Lipinski definition) is 1. The summed E-state index contributed by atoms with van der Waals surface area (Å²) in [5, 5.41) is 16.4. The van der Waals surface area contributed by atoms with Gasteiger partial charge in [-0.3, -0.25) is 19.6 Å². The molecule has 0 aliphatic heterocycles. The number of fused-ring (bicyclic) bond motifs is 1. The first-order valence-corrected chi connectivity index (χ1v) is 8.37. The molecule has 2 heterocycles. The molecule has 2 aromatic heterocycles. The number of amides is 1. The lowest BCUT2D eigenvalue weighted by Gasteiger charge is -2.06. The molecular formula is C16H17N5O2S. The molecule has 0 saturated carbocycles. The Morgan fingerprint density at radius 3 is 2.79 bits per heavy atom. The summed E-state index contributed by atoms with van der Waals surface area (Å²) in [6.45, 7) is 4.17. The van der Waals surface area contributed by atoms with Gasteiger partial charge in [0.05, 0.1) is 5.52 Å². The largest absolute Gasteiger partial charge is 0.295 e. The number of aromatic nitrogens is 4. The fourth-order valence-electron chi connectivity index (χ4n) is 2.37. The molecule has 0 radical (unpaired) electrons. The van der Waals surface area contributed by atoms with Gasteiger partial charge in [0.15, 0.2) is 5.69 Å². The Morgan fingerprint density at radius 1 is 1.29 bits per heavy atom. The van der Waals surface area contributed by atoms with Crippen molar-refractivity contribution < 1.29 is 4.79 Å². The predicted octanol–water partition coefficient (Wildman–Crippen LogP) is 2.24. The van der Waals surface area contributed by atoms with Crippen LogP contribution in [0, 0.1) is 5.92 Å². The Labute approximate surface area is 142 Å². The zero-order valence-corrected chi connectivity index (χ0v) is 14.4. The first kappa shape index (κ1) is 16.3. The van der Waals surface area contributed by atoms with Crippen molar-refractivity contribution in [2.24, 2.45) is 13.0 Å². The second-order valence-electron chi connectivity index (χ2n) is 5.87. The first-order chi connectivity index (χ1) is 11.5. The minimum atomic E-state index is -0.575. The number of benzene rings is 1. The van der Waals surface area contributed by atoms with E-state index in [2.05, 4.69) is 34.5 Å². The van der Waals surface area contributed by atoms with Crippen molar-refractivity contribution >= 4 is 33.3 Å². The number of para-hydroxylation sites is 1. The molecule has 3 aromatic rings. The molecule has 8 heteroatoms. The zero-order chi connectivity index (χ0) is 17.3. The van der Waals surface area contributed by atoms with Gasteiger partial charge >= 0.3 is 0 Å². The lowest BCUT2D eigenvalue weighted by Crippen LogP contribution is -2.26. The number of carbonyl (C=O) groups is 1. The van der Waals surface area contributed by atoms with Crippen LogP contribution in [0.25, 0.3) is 10.9 Å². The van der Waals surface area contributed by atoms with Gasteiger partial charge in [0, 0.05) is 18.9 Å². The minimum absolute atomic E-state index is 0.156. The van der Waals surface area contributed by atoms with Crippen LogP contribution in [-0.4, -0.2) is 25.9 Å². The fraction of sp³-hybridized carbons (Fsp3) is 0.312. The van der Waals surface area contributed by atoms with Gasteiger partial charge in [0.1, 0.15) is 5.01 Å². The number of hydrogen-bond acceptors (Lipinski definition) is 6. The molecule has 0 atom stereocenters. The van der Waals surface area contributed by atoms with Crippen LogP contribution in [0.1, 0.15) is 29.3 Å². The Hall–Kier alpha value is -2.61. The van der Waals surface area contributed by atoms with E-state index in [4.69, 9.17) is 0 Å². The molecule has 3 rings (SSSR count). The van der Waals surface area contributed by atoms with Crippen LogP contribution in [0.15, 0.2) is 29.1 Å². The van der Waals surface area contributed by atoms with Crippen molar-refractivity contribution in [2.45, 2.75) is 20.3 Å². The van der Waals surface area contributed by atoms with Crippen LogP contribution in [0.2, 0.25) is 0 Å². The molecule has 0 aliphatic rings. The second-order valence-corrected chi connectivity index (χ2v) is 6.93. The van der Waals surface area contributed by atoms with Gasteiger partial charge in [-0.2, -0.15) is 5.10 Å². The molecular weight excluding hydrogens is 326 g/mol. The second kappa shape index (κ2) is 6.48. The van der Waals surface area contributed by atoms with Crippen LogP contribution in [0.3, 0.4) is 0 Å². The fourth-order valence-corrected chi connectivity index (χ4v) is 3.31. The summed E-state index contributed by atoms with van der Waals surface area (Å²) >= 11 is 1.31. The maximum absolute atomic E-state index is 12.5. The van der Waals surface area contributed by atoms with Crippen molar-refractivity contribution in [2.75, 3.05) is 5.32 Å². The normalized spacial score (nSPS) is 11.2. The SMILES string of the molecule is CC(C)Cc1nnc(NC(=O)c2nn(C)c3ccccc3c2=O)s1. The van der Waals surface area contributed by atoms with Crippen LogP contribution < -0.4 is 10.7 Å². The highest BCUT2D eigenvalue weighted by molar-refractivity contribution is 7.15. The van der Waals surface area contributed by atoms with Crippen molar-refractivity contribution in [3.8, 4) is 0 Å². The maximum atomic E-state index is 12.5. The molecule has 0 aliphatic carbocycles. The number of nitrogens with zero attached hydrogens (tertiary/aromatic N) is 4. The zero-order valence-electron chi connectivity index (χ0n) is 13.6. The van der Waals surface area contributed by atoms with E-state index in [0.29, 0.717) is 22.0 Å². The third kappa shape index (κ3) is 3.18. The van der Waals surface area contributed by atoms with E-state index in [-0.39, 0.29) is 5.69 Å². The average molecular weight is 343 g/mol. The smallest absolute Gasteiger partial charge is 0.282 e. The van der Waals surface area contributed by atoms with Gasteiger partial charge in [-0.1, -0.05) is 37.3 Å². The van der Waals surface area contributed by atoms with E-state index in [0.717, 1.165) is 11.4 Å². The summed E-state index contributed by atoms with van der Waals surface area (Å²) in [5.74, 6) is -0.121. The standard InChI is InChI=1S/C16H17N5O2S/c1-9(2)8-12-18-19-16(24-12)17-15(23)13-14(22)10-6-4-5-7-11(10)21(3)20-13/h4-7,9H,8H2,1-3H3,(H,17,19,23). The van der Waals surface area contributed by atoms with Crippen LogP contribution in [0.4, 0.5) is 5.13 Å². The first-order valence-electron chi connectivity index (χ1n) is 7.55. The van der Waals surface area contributed by atoms with E-state index in [9.17, 15) is 9.59 Å². The summed E-state index contributed by atoms with van der Waals surface area (Å²) in [6, 6.07) is 7.05. The van der Waals surface area contributed by atoms with Gasteiger partial charge in [0.25, 0.3) is 5.91 Å². The summed E-state index contributed by atoms with van der Waals surface area (Å²) in [7, 11) is 1.70. The molecule has 7 nitrogen and oxygen atoms in total. The topological polar surface area (TPSA) is 89.8 Å². The highest BCUT2D eigenvalue weighted by Crippen LogP contribution is 2.18. The molecule has 0 saturated heterocycles. The molecule has 0 unspecified atom stereocenters. The van der Waals surface area contributed by atoms with E-state index in [1.807, 2.05) is 6.07 Å². The third-order valence-corrected chi connectivity index (χ3v) is 4.31. The molecule has 1 N–H and O–H groups in total. The Morgan fingerprint density at radius 2 is 2.04 bits per heavy atom. The van der Waals surface area contributed by atoms with Gasteiger partial charge in [-0.05, 0) is 18.1 Å². The summed E-state index contributed by atoms with van der Waals surface area (Å²) in [6.07, 6.45) is 0.795. The number of rotatable bonds is 4. The minimum Gasteiger partial charge on any atom is -0.295 e. The van der Waals surface area contributed by atoms with Crippen molar-refractivity contribution in [1.29, 1.82) is 0 Å². The summed E-state index contributed by atoms with van der Waals surface area (Å²) in [4.78, 5) is 24.9. The Kier molecular flexibility index (Phi) is 4.39. The van der Waals surface area contributed by atoms with Crippen LogP contribution in [-0.2, 0) is 13.5 Å². The van der Waals surface area contributed by atoms with E-state index >= 15 is 0 Å². The molecule has 0 fully saturated rings. The van der Waals surface area contributed by atoms with E-state index < -0.39 is 11.3 Å². The maximum Gasteiger partial charge on any atom is 0.282 e. The molecule has 1 amide bonds. The van der Waals surface area contributed by atoms with Crippen LogP contribution in [0.5, 0.6) is 0 Å². The van der Waals surface area contributed by atoms with Crippen molar-refractivity contribution in [1.82, 2.24) is 20.0 Å². The molecule has 24 heavy (non-hydrogen) atoms. The quantitative estimate of drug-likeness (QED) is 0.784. The predicted molar refractivity (Wildman–Crippen MR) is 93.4 cm³/mol. The lowest BCUT2D eigenvalue weighted by molar-refractivity contribution is 0.101. The average Bonchev–Trinajstić information content (AvgIpc) is 2.97. The molecule has 124 valence electrons. The van der Waals surface area contributed by atoms with Crippen molar-refractivity contribution in [3.05, 3.63) is 45.2 Å². The molecule has 0 spiro atoms. The molecule has 0 bridgehead atoms. The van der Waals surface area contributed by atoms with Crippen molar-refractivity contribution in [3.63, 3.8) is 0 Å². The monoisotopic (exact) mass is 343 g/mol. The lowest BCUT2D eigenvalue weighted by atomic mass is 10.1. The highest BCUT2D eigenvalue weighted by atomic mass is 32.1. The number of nitrogens with one attached hydrogen (secondary N) is 1. The number of carbonyl (C=O) groups excluding carboxylic acids is 1. The Bertz CT molecular complexity index is 961. The summed E-state index contributed by atoms with van der Waals surface area (Å²) < 4.78 is 1.52. The number of anilines is 1. The molecule has 1 aromatic carbocycles. The number of aryl methyl sites for hydroxylation is 1. The van der Waals surface area contributed by atoms with E-state index in [1.54, 1.807) is 25.2 Å².